The number of rotatable bonds is 4. The molecule has 6 heteroatoms. The van der Waals surface area contributed by atoms with Gasteiger partial charge >= 0.3 is 0 Å². The SMILES string of the molecule is Cc1nccc2c1[nH]c1c(-c3ccc(OCc4ncc5ccccc5n4)cc3)cc(Cl)cc12. The summed E-state index contributed by atoms with van der Waals surface area (Å²) in [6, 6.07) is 21.9. The van der Waals surface area contributed by atoms with Gasteiger partial charge in [0.05, 0.1) is 22.2 Å². The van der Waals surface area contributed by atoms with Gasteiger partial charge in [0.25, 0.3) is 0 Å². The summed E-state index contributed by atoms with van der Waals surface area (Å²) in [5.41, 5.74) is 6.04. The van der Waals surface area contributed by atoms with E-state index in [9.17, 15) is 0 Å². The quantitative estimate of drug-likeness (QED) is 0.318. The van der Waals surface area contributed by atoms with Gasteiger partial charge in [-0.05, 0) is 48.9 Å². The Balaban J connectivity index is 1.30. The van der Waals surface area contributed by atoms with Crippen LogP contribution in [-0.2, 0) is 6.61 Å². The first kappa shape index (κ1) is 19.7. The first-order chi connectivity index (χ1) is 16.2. The maximum atomic E-state index is 6.49. The smallest absolute Gasteiger partial charge is 0.166 e. The number of aromatic nitrogens is 4. The maximum absolute atomic E-state index is 6.49. The number of nitrogens with one attached hydrogen (secondary N) is 1. The molecule has 3 heterocycles. The van der Waals surface area contributed by atoms with Crippen molar-refractivity contribution in [2.45, 2.75) is 13.5 Å². The predicted octanol–water partition coefficient (Wildman–Crippen LogP) is 6.87. The van der Waals surface area contributed by atoms with Crippen LogP contribution in [0.1, 0.15) is 11.5 Å². The van der Waals surface area contributed by atoms with E-state index in [4.69, 9.17) is 16.3 Å². The third kappa shape index (κ3) is 3.56. The highest BCUT2D eigenvalue weighted by atomic mass is 35.5. The zero-order valence-corrected chi connectivity index (χ0v) is 18.6. The van der Waals surface area contributed by atoms with Crippen molar-refractivity contribution in [1.29, 1.82) is 0 Å². The molecule has 0 saturated carbocycles. The molecular weight excluding hydrogens is 432 g/mol. The largest absolute Gasteiger partial charge is 0.486 e. The van der Waals surface area contributed by atoms with Crippen LogP contribution in [0, 0.1) is 6.92 Å². The molecule has 0 amide bonds. The number of pyridine rings is 1. The second kappa shape index (κ2) is 7.87. The van der Waals surface area contributed by atoms with E-state index in [0.29, 0.717) is 17.5 Å². The average Bonchev–Trinajstić information content (AvgIpc) is 3.22. The summed E-state index contributed by atoms with van der Waals surface area (Å²) >= 11 is 6.49. The molecule has 1 N–H and O–H groups in total. The van der Waals surface area contributed by atoms with Crippen LogP contribution in [0.25, 0.3) is 43.8 Å². The van der Waals surface area contributed by atoms with E-state index in [1.807, 2.05) is 86.0 Å². The van der Waals surface area contributed by atoms with Gasteiger partial charge in [-0.15, -0.1) is 0 Å². The summed E-state index contributed by atoms with van der Waals surface area (Å²) in [7, 11) is 0. The van der Waals surface area contributed by atoms with E-state index in [-0.39, 0.29) is 0 Å². The first-order valence-electron chi connectivity index (χ1n) is 10.7. The van der Waals surface area contributed by atoms with Crippen LogP contribution in [0.3, 0.4) is 0 Å². The van der Waals surface area contributed by atoms with Gasteiger partial charge in [0.15, 0.2) is 5.82 Å². The van der Waals surface area contributed by atoms with E-state index in [1.54, 1.807) is 0 Å². The lowest BCUT2D eigenvalue weighted by atomic mass is 10.0. The van der Waals surface area contributed by atoms with Gasteiger partial charge in [0.1, 0.15) is 12.4 Å². The number of aryl methyl sites for hydroxylation is 1. The third-order valence-electron chi connectivity index (χ3n) is 5.86. The van der Waals surface area contributed by atoms with Crippen LogP contribution >= 0.6 is 11.6 Å². The summed E-state index contributed by atoms with van der Waals surface area (Å²) in [5, 5.41) is 3.92. The van der Waals surface area contributed by atoms with Crippen LogP contribution in [0.15, 0.2) is 79.1 Å². The van der Waals surface area contributed by atoms with Crippen molar-refractivity contribution in [1.82, 2.24) is 19.9 Å². The number of H-pyrrole nitrogens is 1. The summed E-state index contributed by atoms with van der Waals surface area (Å²) in [4.78, 5) is 16.9. The number of fused-ring (bicyclic) bond motifs is 4. The van der Waals surface area contributed by atoms with Crippen LogP contribution < -0.4 is 4.74 Å². The Morgan fingerprint density at radius 2 is 1.76 bits per heavy atom. The zero-order valence-electron chi connectivity index (χ0n) is 17.8. The highest BCUT2D eigenvalue weighted by Gasteiger charge is 2.13. The number of ether oxygens (including phenoxy) is 1. The fourth-order valence-corrected chi connectivity index (χ4v) is 4.43. The Morgan fingerprint density at radius 3 is 2.64 bits per heavy atom. The second-order valence-corrected chi connectivity index (χ2v) is 8.41. The molecule has 0 bridgehead atoms. The topological polar surface area (TPSA) is 63.7 Å². The van der Waals surface area contributed by atoms with E-state index < -0.39 is 0 Å². The molecule has 0 unspecified atom stereocenters. The molecule has 3 aromatic heterocycles. The number of benzene rings is 3. The number of nitrogens with zero attached hydrogens (tertiary/aromatic N) is 3. The highest BCUT2D eigenvalue weighted by molar-refractivity contribution is 6.32. The fourth-order valence-electron chi connectivity index (χ4n) is 4.21. The molecular formula is C27H19ClN4O. The number of aromatic amines is 1. The molecule has 5 nitrogen and oxygen atoms in total. The Hall–Kier alpha value is -3.96. The van der Waals surface area contributed by atoms with Crippen LogP contribution in [0.2, 0.25) is 5.02 Å². The van der Waals surface area contributed by atoms with Gasteiger partial charge < -0.3 is 9.72 Å². The van der Waals surface area contributed by atoms with E-state index in [2.05, 4.69) is 19.9 Å². The minimum atomic E-state index is 0.305. The van der Waals surface area contributed by atoms with Crippen molar-refractivity contribution in [2.24, 2.45) is 0 Å². The lowest BCUT2D eigenvalue weighted by molar-refractivity contribution is 0.296. The highest BCUT2D eigenvalue weighted by Crippen LogP contribution is 2.36. The number of halogens is 1. The Labute approximate surface area is 195 Å². The minimum Gasteiger partial charge on any atom is -0.486 e. The molecule has 6 rings (SSSR count). The van der Waals surface area contributed by atoms with Crippen molar-refractivity contribution in [3.63, 3.8) is 0 Å². The molecule has 0 spiro atoms. The first-order valence-corrected chi connectivity index (χ1v) is 11.0. The van der Waals surface area contributed by atoms with Gasteiger partial charge in [-0.2, -0.15) is 0 Å². The predicted molar refractivity (Wildman–Crippen MR) is 133 cm³/mol. The lowest BCUT2D eigenvalue weighted by Gasteiger charge is -2.09. The summed E-state index contributed by atoms with van der Waals surface area (Å²) < 4.78 is 5.94. The van der Waals surface area contributed by atoms with Crippen LogP contribution in [0.4, 0.5) is 0 Å². The van der Waals surface area contributed by atoms with Crippen molar-refractivity contribution < 1.29 is 4.74 Å². The molecule has 0 fully saturated rings. The maximum Gasteiger partial charge on any atom is 0.166 e. The summed E-state index contributed by atoms with van der Waals surface area (Å²) in [6.07, 6.45) is 3.66. The molecule has 160 valence electrons. The number of hydrogen-bond donors (Lipinski definition) is 1. The molecule has 33 heavy (non-hydrogen) atoms. The Morgan fingerprint density at radius 1 is 0.909 bits per heavy atom. The summed E-state index contributed by atoms with van der Waals surface area (Å²) in [5.74, 6) is 1.40. The molecule has 0 radical (unpaired) electrons. The molecule has 0 saturated heterocycles. The van der Waals surface area contributed by atoms with Crippen LogP contribution in [0.5, 0.6) is 5.75 Å². The molecule has 0 atom stereocenters. The second-order valence-electron chi connectivity index (χ2n) is 7.98. The monoisotopic (exact) mass is 450 g/mol. The molecule has 6 aromatic rings. The van der Waals surface area contributed by atoms with Crippen molar-refractivity contribution in [2.75, 3.05) is 0 Å². The molecule has 0 aliphatic carbocycles. The number of hydrogen-bond acceptors (Lipinski definition) is 4. The van der Waals surface area contributed by atoms with Gasteiger partial charge in [-0.1, -0.05) is 41.9 Å². The van der Waals surface area contributed by atoms with Crippen LogP contribution in [-0.4, -0.2) is 19.9 Å². The Bertz CT molecular complexity index is 1640. The van der Waals surface area contributed by atoms with Gasteiger partial charge in [-0.3, -0.25) is 4.98 Å². The van der Waals surface area contributed by atoms with Gasteiger partial charge in [0, 0.05) is 39.1 Å². The van der Waals surface area contributed by atoms with E-state index in [1.165, 1.54) is 0 Å². The Kier molecular flexibility index (Phi) is 4.70. The van der Waals surface area contributed by atoms with Crippen molar-refractivity contribution >= 4 is 44.3 Å². The lowest BCUT2D eigenvalue weighted by Crippen LogP contribution is -2.01. The van der Waals surface area contributed by atoms with Gasteiger partial charge in [-0.25, -0.2) is 9.97 Å². The molecule has 3 aromatic carbocycles. The number of para-hydroxylation sites is 1. The van der Waals surface area contributed by atoms with Gasteiger partial charge in [0.2, 0.25) is 0 Å². The van der Waals surface area contributed by atoms with Crippen molar-refractivity contribution in [3.05, 3.63) is 95.7 Å². The molecule has 0 aliphatic heterocycles. The molecule has 0 aliphatic rings. The van der Waals surface area contributed by atoms with Crippen molar-refractivity contribution in [3.8, 4) is 16.9 Å². The average molecular weight is 451 g/mol. The normalized spacial score (nSPS) is 11.5. The van der Waals surface area contributed by atoms with E-state index >= 15 is 0 Å². The zero-order chi connectivity index (χ0) is 22.4. The third-order valence-corrected chi connectivity index (χ3v) is 6.07. The summed E-state index contributed by atoms with van der Waals surface area (Å²) in [6.45, 7) is 2.31. The minimum absolute atomic E-state index is 0.305. The standard InChI is InChI=1S/C27H19ClN4O/c1-16-26-21(10-11-29-16)23-13-19(28)12-22(27(23)32-26)17-6-8-20(9-7-17)33-15-25-30-14-18-4-2-3-5-24(18)31-25/h2-14,32H,15H2,1H3. The fraction of sp³-hybridized carbons (Fsp3) is 0.0741. The van der Waals surface area contributed by atoms with E-state index in [0.717, 1.165) is 55.3 Å².